The van der Waals surface area contributed by atoms with Crippen LogP contribution in [0.3, 0.4) is 0 Å². The zero-order chi connectivity index (χ0) is 34.1. The van der Waals surface area contributed by atoms with Gasteiger partial charge in [-0.25, -0.2) is 9.97 Å². The third kappa shape index (κ3) is 6.13. The topological polar surface area (TPSA) is 95.8 Å². The van der Waals surface area contributed by atoms with Gasteiger partial charge in [0.25, 0.3) is 0 Å². The van der Waals surface area contributed by atoms with E-state index in [0.717, 1.165) is 65.0 Å². The van der Waals surface area contributed by atoms with Crippen LogP contribution in [-0.2, 0) is 19.7 Å². The monoisotopic (exact) mass is 667 g/mol. The number of piperidine rings is 2. The molecule has 4 fully saturated rings. The molecule has 2 saturated heterocycles. The normalized spacial score (nSPS) is 24.4. The zero-order valence-corrected chi connectivity index (χ0v) is 30.0. The van der Waals surface area contributed by atoms with Crippen LogP contribution >= 0.6 is 0 Å². The Morgan fingerprint density at radius 3 is 2.43 bits per heavy atom. The number of imidazole rings is 1. The van der Waals surface area contributed by atoms with Crippen LogP contribution in [0.15, 0.2) is 30.6 Å². The number of hydrogen-bond acceptors (Lipinski definition) is 8. The summed E-state index contributed by atoms with van der Waals surface area (Å²) in [7, 11) is 0. The minimum atomic E-state index is -0.569. The first kappa shape index (κ1) is 32.7. The van der Waals surface area contributed by atoms with E-state index < -0.39 is 11.0 Å². The van der Waals surface area contributed by atoms with Crippen LogP contribution in [0, 0.1) is 0 Å². The smallest absolute Gasteiger partial charge is 0.320 e. The summed E-state index contributed by atoms with van der Waals surface area (Å²) in [6.07, 6.45) is 11.6. The van der Waals surface area contributed by atoms with Crippen molar-refractivity contribution in [2.45, 2.75) is 128 Å². The Bertz CT molecular complexity index is 1730. The van der Waals surface area contributed by atoms with Gasteiger partial charge >= 0.3 is 5.97 Å². The van der Waals surface area contributed by atoms with Gasteiger partial charge in [-0.1, -0.05) is 18.6 Å². The van der Waals surface area contributed by atoms with E-state index in [2.05, 4.69) is 62.7 Å². The fraction of sp³-hybridized carbons (Fsp3) is 0.641. The van der Waals surface area contributed by atoms with Crippen molar-refractivity contribution in [2.75, 3.05) is 42.9 Å². The fourth-order valence-corrected chi connectivity index (χ4v) is 8.72. The summed E-state index contributed by atoms with van der Waals surface area (Å²) < 4.78 is 7.82. The first-order valence-corrected chi connectivity index (χ1v) is 18.8. The second-order valence-electron chi connectivity index (χ2n) is 16.6. The molecule has 3 aromatic rings. The van der Waals surface area contributed by atoms with Crippen LogP contribution < -0.4 is 10.2 Å². The minimum Gasteiger partial charge on any atom is -0.459 e. The van der Waals surface area contributed by atoms with Gasteiger partial charge in [0.15, 0.2) is 5.82 Å². The molecule has 262 valence electrons. The molecular formula is C39H53N7O3. The quantitative estimate of drug-likeness (QED) is 0.280. The van der Waals surface area contributed by atoms with Crippen LogP contribution in [-0.4, -0.2) is 92.7 Å². The van der Waals surface area contributed by atoms with Crippen molar-refractivity contribution < 1.29 is 14.3 Å². The lowest BCUT2D eigenvalue weighted by Gasteiger charge is -2.48. The summed E-state index contributed by atoms with van der Waals surface area (Å²) in [5.41, 5.74) is 5.00. The number of carbonyl (C=O) groups excluding carboxylic acids is 2. The van der Waals surface area contributed by atoms with Crippen molar-refractivity contribution in [1.29, 1.82) is 0 Å². The van der Waals surface area contributed by atoms with E-state index in [4.69, 9.17) is 14.7 Å². The second-order valence-corrected chi connectivity index (χ2v) is 16.6. The van der Waals surface area contributed by atoms with Crippen molar-refractivity contribution >= 4 is 34.4 Å². The number of carbonyl (C=O) groups is 2. The number of amides is 1. The summed E-state index contributed by atoms with van der Waals surface area (Å²) in [4.78, 5) is 44.5. The predicted molar refractivity (Wildman–Crippen MR) is 193 cm³/mol. The van der Waals surface area contributed by atoms with E-state index in [1.807, 2.05) is 27.1 Å². The molecular weight excluding hydrogens is 614 g/mol. The molecule has 5 aliphatic rings. The Labute approximate surface area is 290 Å². The standard InChI is InChI=1S/C39H53N7O3/c1-25(2)45-24-40-32-22-31(42-36(35(32)45)41-27-10-11-27)26-9-12-30-33(19-26)46(29-20-28(21-29)44-15-7-6-8-16-44)37(48)39(30)13-17-43(18-14-39)23-34(47)49-38(3,4)5/h9,12,19,22,24-25,27-29H,6-8,10-11,13-18,20-21,23H2,1-5H3,(H,41,42). The van der Waals surface area contributed by atoms with Crippen LogP contribution in [0.2, 0.25) is 0 Å². The maximum absolute atomic E-state index is 14.8. The molecule has 2 aromatic heterocycles. The Morgan fingerprint density at radius 1 is 1.02 bits per heavy atom. The van der Waals surface area contributed by atoms with E-state index in [-0.39, 0.29) is 30.5 Å². The van der Waals surface area contributed by atoms with E-state index in [1.165, 1.54) is 32.4 Å². The highest BCUT2D eigenvalue weighted by molar-refractivity contribution is 6.09. The summed E-state index contributed by atoms with van der Waals surface area (Å²) in [6.45, 7) is 14.1. The summed E-state index contributed by atoms with van der Waals surface area (Å²) >= 11 is 0. The molecule has 49 heavy (non-hydrogen) atoms. The molecule has 1 amide bonds. The summed E-state index contributed by atoms with van der Waals surface area (Å²) in [5, 5.41) is 3.69. The molecule has 10 nitrogen and oxygen atoms in total. The van der Waals surface area contributed by atoms with Gasteiger partial charge in [0.1, 0.15) is 11.1 Å². The number of nitrogens with one attached hydrogen (secondary N) is 1. The van der Waals surface area contributed by atoms with Crippen molar-refractivity contribution in [3.05, 3.63) is 36.2 Å². The zero-order valence-electron chi connectivity index (χ0n) is 30.0. The molecule has 1 aromatic carbocycles. The number of ether oxygens (including phenoxy) is 1. The Morgan fingerprint density at radius 2 is 1.76 bits per heavy atom. The van der Waals surface area contributed by atoms with Crippen molar-refractivity contribution in [2.24, 2.45) is 0 Å². The van der Waals surface area contributed by atoms with Crippen molar-refractivity contribution in [3.63, 3.8) is 0 Å². The highest BCUT2D eigenvalue weighted by atomic mass is 16.6. The van der Waals surface area contributed by atoms with E-state index >= 15 is 0 Å². The van der Waals surface area contributed by atoms with Crippen molar-refractivity contribution in [1.82, 2.24) is 24.3 Å². The van der Waals surface area contributed by atoms with Gasteiger partial charge in [-0.05, 0) is 117 Å². The number of likely N-dealkylation sites (tertiary alicyclic amines) is 2. The number of nitrogens with zero attached hydrogens (tertiary/aromatic N) is 6. The Hall–Kier alpha value is -3.50. The first-order chi connectivity index (χ1) is 23.5. The fourth-order valence-electron chi connectivity index (χ4n) is 8.72. The second kappa shape index (κ2) is 12.4. The van der Waals surface area contributed by atoms with E-state index in [9.17, 15) is 9.59 Å². The summed E-state index contributed by atoms with van der Waals surface area (Å²) in [5.74, 6) is 0.935. The third-order valence-electron chi connectivity index (χ3n) is 11.6. The average molecular weight is 668 g/mol. The number of hydrogen-bond donors (Lipinski definition) is 1. The van der Waals surface area contributed by atoms with Gasteiger partial charge in [0.05, 0.1) is 29.5 Å². The maximum atomic E-state index is 14.8. The molecule has 5 heterocycles. The largest absolute Gasteiger partial charge is 0.459 e. The van der Waals surface area contributed by atoms with Gasteiger partial charge < -0.3 is 24.4 Å². The summed E-state index contributed by atoms with van der Waals surface area (Å²) in [6, 6.07) is 10.2. The highest BCUT2D eigenvalue weighted by Crippen LogP contribution is 2.52. The number of benzene rings is 1. The molecule has 2 saturated carbocycles. The molecule has 0 atom stereocenters. The molecule has 3 aliphatic heterocycles. The number of pyridine rings is 1. The molecule has 8 rings (SSSR count). The SMILES string of the molecule is CC(C)n1cnc2cc(-c3ccc4c(c3)N(C3CC(N5CCCCC5)C3)C(=O)C43CCN(CC(=O)OC(C)(C)C)CC3)nc(NC3CC3)c21. The molecule has 0 unspecified atom stereocenters. The lowest BCUT2D eigenvalue weighted by atomic mass is 9.73. The third-order valence-corrected chi connectivity index (χ3v) is 11.6. The number of rotatable bonds is 8. The lowest BCUT2D eigenvalue weighted by Crippen LogP contribution is -2.58. The minimum absolute atomic E-state index is 0.204. The highest BCUT2D eigenvalue weighted by Gasteiger charge is 2.55. The molecule has 2 aliphatic carbocycles. The van der Waals surface area contributed by atoms with E-state index in [1.54, 1.807) is 0 Å². The van der Waals surface area contributed by atoms with Gasteiger partial charge in [-0.3, -0.25) is 14.5 Å². The van der Waals surface area contributed by atoms with Gasteiger partial charge in [-0.2, -0.15) is 0 Å². The predicted octanol–water partition coefficient (Wildman–Crippen LogP) is 6.29. The van der Waals surface area contributed by atoms with Crippen molar-refractivity contribution in [3.8, 4) is 11.3 Å². The van der Waals surface area contributed by atoms with E-state index in [0.29, 0.717) is 38.0 Å². The molecule has 0 bridgehead atoms. The number of anilines is 2. The maximum Gasteiger partial charge on any atom is 0.320 e. The molecule has 0 radical (unpaired) electrons. The Balaban J connectivity index is 1.12. The van der Waals surface area contributed by atoms with Gasteiger partial charge in [-0.15, -0.1) is 0 Å². The van der Waals surface area contributed by atoms with Crippen LogP contribution in [0.1, 0.15) is 104 Å². The average Bonchev–Trinajstić information content (AvgIpc) is 3.70. The Kier molecular flexibility index (Phi) is 8.25. The molecule has 1 spiro atoms. The van der Waals surface area contributed by atoms with Crippen LogP contribution in [0.5, 0.6) is 0 Å². The first-order valence-electron chi connectivity index (χ1n) is 18.8. The lowest BCUT2D eigenvalue weighted by molar-refractivity contribution is -0.156. The molecule has 1 N–H and O–H groups in total. The number of esters is 1. The number of aromatic nitrogens is 3. The molecule has 10 heteroatoms. The van der Waals surface area contributed by atoms with Crippen LogP contribution in [0.4, 0.5) is 11.5 Å². The van der Waals surface area contributed by atoms with Gasteiger partial charge in [0, 0.05) is 48.5 Å². The number of fused-ring (bicyclic) bond motifs is 3. The van der Waals surface area contributed by atoms with Gasteiger partial charge in [0.2, 0.25) is 5.91 Å². The van der Waals surface area contributed by atoms with Crippen LogP contribution in [0.25, 0.3) is 22.3 Å².